The van der Waals surface area contributed by atoms with Crippen LogP contribution in [0.5, 0.6) is 0 Å². The van der Waals surface area contributed by atoms with E-state index in [1.807, 2.05) is 6.92 Å². The second-order valence-electron chi connectivity index (χ2n) is 4.79. The van der Waals surface area contributed by atoms with Gasteiger partial charge in [0.05, 0.1) is 18.1 Å². The molecule has 100 valence electrons. The van der Waals surface area contributed by atoms with E-state index in [1.54, 1.807) is 23.1 Å². The largest absolute Gasteiger partial charge is 0.305 e. The van der Waals surface area contributed by atoms with Crippen molar-refractivity contribution in [3.05, 3.63) is 36.0 Å². The Balaban J connectivity index is 2.10. The maximum atomic E-state index is 12.0. The summed E-state index contributed by atoms with van der Waals surface area (Å²) in [4.78, 5) is 20.1. The van der Waals surface area contributed by atoms with Gasteiger partial charge in [0.2, 0.25) is 0 Å². The van der Waals surface area contributed by atoms with Crippen LogP contribution in [0.3, 0.4) is 0 Å². The monoisotopic (exact) mass is 259 g/mol. The number of hydrogen-bond donors (Lipinski definition) is 1. The molecule has 1 amide bonds. The minimum absolute atomic E-state index is 0.280. The van der Waals surface area contributed by atoms with E-state index in [-0.39, 0.29) is 5.91 Å². The van der Waals surface area contributed by atoms with Crippen LogP contribution < -0.4 is 5.32 Å². The molecular weight excluding hydrogens is 242 g/mol. The first-order valence-electron chi connectivity index (χ1n) is 6.18. The van der Waals surface area contributed by atoms with Crippen LogP contribution >= 0.6 is 0 Å². The minimum atomic E-state index is -0.280. The highest BCUT2D eigenvalue weighted by atomic mass is 16.2. The zero-order valence-electron chi connectivity index (χ0n) is 11.3. The molecule has 0 aliphatic heterocycles. The number of anilines is 1. The summed E-state index contributed by atoms with van der Waals surface area (Å²) in [7, 11) is 0. The average molecular weight is 259 g/mol. The molecule has 0 atom stereocenters. The van der Waals surface area contributed by atoms with Crippen LogP contribution in [-0.2, 0) is 6.54 Å². The predicted octanol–water partition coefficient (Wildman–Crippen LogP) is 1.89. The molecule has 2 aromatic rings. The zero-order valence-corrected chi connectivity index (χ0v) is 11.3. The fourth-order valence-electron chi connectivity index (χ4n) is 1.62. The van der Waals surface area contributed by atoms with E-state index in [1.165, 1.54) is 6.20 Å². The molecule has 0 bridgehead atoms. The number of hydrogen-bond acceptors (Lipinski definition) is 4. The van der Waals surface area contributed by atoms with E-state index in [4.69, 9.17) is 0 Å². The average Bonchev–Trinajstić information content (AvgIpc) is 2.76. The summed E-state index contributed by atoms with van der Waals surface area (Å²) in [5.41, 5.74) is 1.07. The topological polar surface area (TPSA) is 72.7 Å². The summed E-state index contributed by atoms with van der Waals surface area (Å²) < 4.78 is 1.77. The first-order valence-corrected chi connectivity index (χ1v) is 6.18. The molecule has 0 saturated heterocycles. The predicted molar refractivity (Wildman–Crippen MR) is 71.8 cm³/mol. The number of nitrogens with zero attached hydrogens (tertiary/aromatic N) is 4. The first kappa shape index (κ1) is 13.2. The van der Waals surface area contributed by atoms with Crippen molar-refractivity contribution in [1.29, 1.82) is 0 Å². The van der Waals surface area contributed by atoms with Gasteiger partial charge >= 0.3 is 0 Å². The third-order valence-corrected chi connectivity index (χ3v) is 2.51. The van der Waals surface area contributed by atoms with Crippen molar-refractivity contribution >= 4 is 11.7 Å². The molecule has 0 aromatic carbocycles. The van der Waals surface area contributed by atoms with Crippen LogP contribution in [-0.4, -0.2) is 25.7 Å². The lowest BCUT2D eigenvalue weighted by Gasteiger charge is -2.10. The summed E-state index contributed by atoms with van der Waals surface area (Å²) in [6.07, 6.45) is 4.70. The van der Waals surface area contributed by atoms with Gasteiger partial charge in [-0.25, -0.2) is 9.67 Å². The number of rotatable bonds is 4. The van der Waals surface area contributed by atoms with Crippen LogP contribution in [0.1, 0.15) is 30.0 Å². The van der Waals surface area contributed by atoms with E-state index in [0.717, 1.165) is 12.2 Å². The van der Waals surface area contributed by atoms with Crippen LogP contribution in [0.4, 0.5) is 5.82 Å². The maximum absolute atomic E-state index is 12.0. The Kier molecular flexibility index (Phi) is 3.89. The molecule has 6 nitrogen and oxygen atoms in total. The van der Waals surface area contributed by atoms with Gasteiger partial charge in [0.25, 0.3) is 5.91 Å². The molecule has 2 heterocycles. The Morgan fingerprint density at radius 2 is 2.16 bits per heavy atom. The van der Waals surface area contributed by atoms with Crippen molar-refractivity contribution in [3.63, 3.8) is 0 Å². The zero-order chi connectivity index (χ0) is 13.8. The molecule has 2 aromatic heterocycles. The van der Waals surface area contributed by atoms with Gasteiger partial charge in [-0.2, -0.15) is 5.10 Å². The lowest BCUT2D eigenvalue weighted by molar-refractivity contribution is 0.102. The highest BCUT2D eigenvalue weighted by Crippen LogP contribution is 2.10. The molecular formula is C13H17N5O. The Bertz CT molecular complexity index is 559. The summed E-state index contributed by atoms with van der Waals surface area (Å²) >= 11 is 0. The Labute approximate surface area is 111 Å². The van der Waals surface area contributed by atoms with Gasteiger partial charge < -0.3 is 5.32 Å². The lowest BCUT2D eigenvalue weighted by Crippen LogP contribution is -2.18. The second kappa shape index (κ2) is 5.60. The normalized spacial score (nSPS) is 10.7. The van der Waals surface area contributed by atoms with E-state index in [0.29, 0.717) is 17.4 Å². The van der Waals surface area contributed by atoms with E-state index >= 15 is 0 Å². The smallest absolute Gasteiger partial charge is 0.277 e. The third kappa shape index (κ3) is 3.37. The molecule has 0 aliphatic carbocycles. The van der Waals surface area contributed by atoms with Crippen LogP contribution in [0.15, 0.2) is 24.7 Å². The Morgan fingerprint density at radius 3 is 2.79 bits per heavy atom. The van der Waals surface area contributed by atoms with Crippen LogP contribution in [0.2, 0.25) is 0 Å². The van der Waals surface area contributed by atoms with E-state index < -0.39 is 0 Å². The van der Waals surface area contributed by atoms with Crippen LogP contribution in [0.25, 0.3) is 0 Å². The van der Waals surface area contributed by atoms with Gasteiger partial charge in [0.15, 0.2) is 0 Å². The summed E-state index contributed by atoms with van der Waals surface area (Å²) in [5, 5.41) is 6.97. The maximum Gasteiger partial charge on any atom is 0.277 e. The fourth-order valence-corrected chi connectivity index (χ4v) is 1.62. The number of aryl methyl sites for hydroxylation is 1. The summed E-state index contributed by atoms with van der Waals surface area (Å²) in [5.74, 6) is 0.841. The molecule has 0 fully saturated rings. The number of aromatic nitrogens is 4. The molecule has 1 N–H and O–H groups in total. The minimum Gasteiger partial charge on any atom is -0.305 e. The summed E-state index contributed by atoms with van der Waals surface area (Å²) in [6.45, 7) is 6.77. The molecule has 19 heavy (non-hydrogen) atoms. The first-order chi connectivity index (χ1) is 9.06. The summed E-state index contributed by atoms with van der Waals surface area (Å²) in [6, 6.07) is 1.77. The van der Waals surface area contributed by atoms with Crippen molar-refractivity contribution in [3.8, 4) is 0 Å². The fraction of sp³-hybridized carbons (Fsp3) is 0.385. The van der Waals surface area contributed by atoms with Crippen molar-refractivity contribution in [1.82, 2.24) is 19.7 Å². The lowest BCUT2D eigenvalue weighted by atomic mass is 10.2. The molecule has 0 aliphatic rings. The van der Waals surface area contributed by atoms with Gasteiger partial charge in [-0.05, 0) is 12.8 Å². The van der Waals surface area contributed by atoms with Crippen LogP contribution in [0, 0.1) is 12.8 Å². The van der Waals surface area contributed by atoms with Crippen molar-refractivity contribution in [2.24, 2.45) is 5.92 Å². The highest BCUT2D eigenvalue weighted by molar-refractivity contribution is 6.02. The van der Waals surface area contributed by atoms with Gasteiger partial charge in [-0.15, -0.1) is 0 Å². The molecule has 0 saturated carbocycles. The third-order valence-electron chi connectivity index (χ3n) is 2.51. The van der Waals surface area contributed by atoms with Gasteiger partial charge in [0.1, 0.15) is 11.5 Å². The highest BCUT2D eigenvalue weighted by Gasteiger charge is 2.11. The standard InChI is InChI=1S/C13H17N5O/c1-9(2)8-18-12(4-5-16-18)17-13(19)11-7-14-10(3)6-15-11/h4-7,9H,8H2,1-3H3,(H,17,19). The SMILES string of the molecule is Cc1cnc(C(=O)Nc2ccnn2CC(C)C)cn1. The Hall–Kier alpha value is -2.24. The number of carbonyl (C=O) groups is 1. The number of amides is 1. The van der Waals surface area contributed by atoms with E-state index in [9.17, 15) is 4.79 Å². The Morgan fingerprint density at radius 1 is 1.37 bits per heavy atom. The van der Waals surface area contributed by atoms with Gasteiger partial charge in [0, 0.05) is 18.8 Å². The van der Waals surface area contributed by atoms with Crippen molar-refractivity contribution in [2.75, 3.05) is 5.32 Å². The van der Waals surface area contributed by atoms with E-state index in [2.05, 4.69) is 34.2 Å². The molecule has 2 rings (SSSR count). The van der Waals surface area contributed by atoms with Gasteiger partial charge in [-0.3, -0.25) is 9.78 Å². The molecule has 6 heteroatoms. The van der Waals surface area contributed by atoms with Crippen molar-refractivity contribution < 1.29 is 4.79 Å². The van der Waals surface area contributed by atoms with Gasteiger partial charge in [-0.1, -0.05) is 13.8 Å². The second-order valence-corrected chi connectivity index (χ2v) is 4.79. The quantitative estimate of drug-likeness (QED) is 0.910. The van der Waals surface area contributed by atoms with Crippen molar-refractivity contribution in [2.45, 2.75) is 27.3 Å². The number of carbonyl (C=O) groups excluding carboxylic acids is 1. The molecule has 0 unspecified atom stereocenters. The molecule has 0 spiro atoms. The number of nitrogens with one attached hydrogen (secondary N) is 1. The molecule has 0 radical (unpaired) electrons.